The molecule has 21 heavy (non-hydrogen) atoms. The summed E-state index contributed by atoms with van der Waals surface area (Å²) in [6.45, 7) is 5.65. The van der Waals surface area contributed by atoms with Crippen LogP contribution in [0.5, 0.6) is 0 Å². The zero-order valence-corrected chi connectivity index (χ0v) is 13.1. The minimum atomic E-state index is -0.120. The Balaban J connectivity index is 2.02. The van der Waals surface area contributed by atoms with Crippen molar-refractivity contribution in [3.8, 4) is 0 Å². The van der Waals surface area contributed by atoms with Crippen molar-refractivity contribution in [2.24, 2.45) is 0 Å². The number of amides is 2. The van der Waals surface area contributed by atoms with E-state index in [1.807, 2.05) is 32.0 Å². The average Bonchev–Trinajstić information content (AvgIpc) is 2.93. The van der Waals surface area contributed by atoms with Gasteiger partial charge >= 0.3 is 0 Å². The Hall–Kier alpha value is -1.84. The predicted molar refractivity (Wildman–Crippen MR) is 84.2 cm³/mol. The van der Waals surface area contributed by atoms with E-state index < -0.39 is 0 Å². The molecule has 0 heterocycles. The standard InChI is InChI=1S/C17H24N2O2/c1-12-8-9-13(2)16(10-12)18-17(21)11-19(14(3)20)15-6-4-5-7-15/h8-10,15H,4-7,11H2,1-3H3,(H,18,21). The van der Waals surface area contributed by atoms with Crippen molar-refractivity contribution < 1.29 is 9.59 Å². The monoisotopic (exact) mass is 288 g/mol. The first kappa shape index (κ1) is 15.5. The Labute approximate surface area is 126 Å². The van der Waals surface area contributed by atoms with E-state index in [9.17, 15) is 9.59 Å². The summed E-state index contributed by atoms with van der Waals surface area (Å²) in [4.78, 5) is 25.7. The second-order valence-corrected chi connectivity index (χ2v) is 5.95. The van der Waals surface area contributed by atoms with E-state index in [1.165, 1.54) is 0 Å². The third-order valence-corrected chi connectivity index (χ3v) is 4.15. The van der Waals surface area contributed by atoms with Gasteiger partial charge < -0.3 is 10.2 Å². The summed E-state index contributed by atoms with van der Waals surface area (Å²) in [6, 6.07) is 6.20. The highest BCUT2D eigenvalue weighted by atomic mass is 16.2. The lowest BCUT2D eigenvalue weighted by molar-refractivity contribution is -0.135. The fourth-order valence-corrected chi connectivity index (χ4v) is 2.93. The normalized spacial score (nSPS) is 15.0. The summed E-state index contributed by atoms with van der Waals surface area (Å²) >= 11 is 0. The number of anilines is 1. The molecule has 0 bridgehead atoms. The zero-order chi connectivity index (χ0) is 15.4. The summed E-state index contributed by atoms with van der Waals surface area (Å²) in [5.41, 5.74) is 2.97. The summed E-state index contributed by atoms with van der Waals surface area (Å²) in [5.74, 6) is -0.135. The maximum atomic E-state index is 12.2. The number of hydrogen-bond acceptors (Lipinski definition) is 2. The molecule has 1 aromatic rings. The second-order valence-electron chi connectivity index (χ2n) is 5.95. The molecule has 2 amide bonds. The van der Waals surface area contributed by atoms with Crippen molar-refractivity contribution in [3.05, 3.63) is 29.3 Å². The van der Waals surface area contributed by atoms with Crippen LogP contribution in [0, 0.1) is 13.8 Å². The summed E-state index contributed by atoms with van der Waals surface area (Å²) in [7, 11) is 0. The van der Waals surface area contributed by atoms with Gasteiger partial charge in [0.2, 0.25) is 11.8 Å². The van der Waals surface area contributed by atoms with Gasteiger partial charge in [-0.05, 0) is 43.9 Å². The minimum Gasteiger partial charge on any atom is -0.331 e. The molecule has 0 unspecified atom stereocenters. The van der Waals surface area contributed by atoms with Crippen molar-refractivity contribution in [1.29, 1.82) is 0 Å². The van der Waals surface area contributed by atoms with E-state index in [1.54, 1.807) is 11.8 Å². The van der Waals surface area contributed by atoms with Crippen molar-refractivity contribution in [2.75, 3.05) is 11.9 Å². The largest absolute Gasteiger partial charge is 0.331 e. The Kier molecular flexibility index (Phi) is 4.99. The maximum absolute atomic E-state index is 12.2. The van der Waals surface area contributed by atoms with Crippen LogP contribution in [0.4, 0.5) is 5.69 Å². The highest BCUT2D eigenvalue weighted by Crippen LogP contribution is 2.23. The molecule has 0 radical (unpaired) electrons. The summed E-state index contributed by atoms with van der Waals surface area (Å²) < 4.78 is 0. The third kappa shape index (κ3) is 4.06. The van der Waals surface area contributed by atoms with Crippen molar-refractivity contribution in [2.45, 2.75) is 52.5 Å². The number of rotatable bonds is 4. The number of carbonyl (C=O) groups is 2. The molecule has 0 saturated heterocycles. The third-order valence-electron chi connectivity index (χ3n) is 4.15. The highest BCUT2D eigenvalue weighted by molar-refractivity contribution is 5.95. The Morgan fingerprint density at radius 3 is 2.52 bits per heavy atom. The molecule has 4 nitrogen and oxygen atoms in total. The van der Waals surface area contributed by atoms with E-state index in [2.05, 4.69) is 5.32 Å². The Morgan fingerprint density at radius 2 is 1.90 bits per heavy atom. The van der Waals surface area contributed by atoms with Gasteiger partial charge in [0.05, 0.1) is 0 Å². The van der Waals surface area contributed by atoms with Gasteiger partial charge in [-0.15, -0.1) is 0 Å². The minimum absolute atomic E-state index is 0.0157. The van der Waals surface area contributed by atoms with Gasteiger partial charge in [0.25, 0.3) is 0 Å². The van der Waals surface area contributed by atoms with E-state index in [0.29, 0.717) is 0 Å². The van der Waals surface area contributed by atoms with Gasteiger partial charge in [-0.25, -0.2) is 0 Å². The molecule has 4 heteroatoms. The Morgan fingerprint density at radius 1 is 1.24 bits per heavy atom. The fraction of sp³-hybridized carbons (Fsp3) is 0.529. The number of carbonyl (C=O) groups excluding carboxylic acids is 2. The molecule has 0 atom stereocenters. The Bertz CT molecular complexity index is 534. The molecule has 1 aliphatic rings. The van der Waals surface area contributed by atoms with Gasteiger partial charge in [-0.1, -0.05) is 25.0 Å². The zero-order valence-electron chi connectivity index (χ0n) is 13.1. The average molecular weight is 288 g/mol. The number of aryl methyl sites for hydroxylation is 2. The first-order valence-electron chi connectivity index (χ1n) is 7.61. The van der Waals surface area contributed by atoms with Crippen molar-refractivity contribution >= 4 is 17.5 Å². The molecular weight excluding hydrogens is 264 g/mol. The summed E-state index contributed by atoms with van der Waals surface area (Å²) in [6.07, 6.45) is 4.31. The second kappa shape index (κ2) is 6.74. The first-order chi connectivity index (χ1) is 9.97. The van der Waals surface area contributed by atoms with Gasteiger partial charge in [-0.3, -0.25) is 9.59 Å². The number of nitrogens with one attached hydrogen (secondary N) is 1. The van der Waals surface area contributed by atoms with Crippen LogP contribution in [-0.2, 0) is 9.59 Å². The van der Waals surface area contributed by atoms with Crippen LogP contribution in [0.15, 0.2) is 18.2 Å². The molecule has 0 aromatic heterocycles. The molecule has 1 fully saturated rings. The van der Waals surface area contributed by atoms with Gasteiger partial charge in [0, 0.05) is 18.7 Å². The number of hydrogen-bond donors (Lipinski definition) is 1. The van der Waals surface area contributed by atoms with E-state index in [4.69, 9.17) is 0 Å². The van der Waals surface area contributed by atoms with Gasteiger partial charge in [0.15, 0.2) is 0 Å². The molecule has 1 aliphatic carbocycles. The highest BCUT2D eigenvalue weighted by Gasteiger charge is 2.26. The quantitative estimate of drug-likeness (QED) is 0.925. The van der Waals surface area contributed by atoms with Crippen molar-refractivity contribution in [1.82, 2.24) is 4.90 Å². The number of nitrogens with zero attached hydrogens (tertiary/aromatic N) is 1. The summed E-state index contributed by atoms with van der Waals surface area (Å²) in [5, 5.41) is 2.93. The SMILES string of the molecule is CC(=O)N(CC(=O)Nc1cc(C)ccc1C)C1CCCC1. The first-order valence-corrected chi connectivity index (χ1v) is 7.61. The maximum Gasteiger partial charge on any atom is 0.244 e. The van der Waals surface area contributed by atoms with E-state index in [0.717, 1.165) is 42.5 Å². The van der Waals surface area contributed by atoms with Crippen molar-refractivity contribution in [3.63, 3.8) is 0 Å². The van der Waals surface area contributed by atoms with Crippen LogP contribution >= 0.6 is 0 Å². The lowest BCUT2D eigenvalue weighted by Crippen LogP contribution is -2.42. The van der Waals surface area contributed by atoms with Crippen LogP contribution < -0.4 is 5.32 Å². The van der Waals surface area contributed by atoms with Gasteiger partial charge in [-0.2, -0.15) is 0 Å². The molecule has 0 aliphatic heterocycles. The predicted octanol–water partition coefficient (Wildman–Crippen LogP) is 3.03. The molecule has 0 spiro atoms. The number of benzene rings is 1. The molecule has 1 aromatic carbocycles. The van der Waals surface area contributed by atoms with Crippen LogP contribution in [0.1, 0.15) is 43.7 Å². The van der Waals surface area contributed by atoms with E-state index >= 15 is 0 Å². The lowest BCUT2D eigenvalue weighted by atomic mass is 10.1. The topological polar surface area (TPSA) is 49.4 Å². The van der Waals surface area contributed by atoms with Gasteiger partial charge in [0.1, 0.15) is 6.54 Å². The molecule has 1 saturated carbocycles. The smallest absolute Gasteiger partial charge is 0.244 e. The van der Waals surface area contributed by atoms with Crippen LogP contribution in [0.25, 0.3) is 0 Å². The van der Waals surface area contributed by atoms with Crippen LogP contribution in [0.2, 0.25) is 0 Å². The fourth-order valence-electron chi connectivity index (χ4n) is 2.93. The van der Waals surface area contributed by atoms with Crippen LogP contribution in [-0.4, -0.2) is 29.3 Å². The van der Waals surface area contributed by atoms with Crippen LogP contribution in [0.3, 0.4) is 0 Å². The molecular formula is C17H24N2O2. The molecule has 114 valence electrons. The molecule has 2 rings (SSSR count). The van der Waals surface area contributed by atoms with E-state index in [-0.39, 0.29) is 24.4 Å². The molecule has 1 N–H and O–H groups in total. The lowest BCUT2D eigenvalue weighted by Gasteiger charge is -2.27.